The molecular weight excluding hydrogens is 415 g/mol. The van der Waals surface area contributed by atoms with Crippen molar-refractivity contribution in [2.24, 2.45) is 5.92 Å². The van der Waals surface area contributed by atoms with E-state index >= 15 is 0 Å². The van der Waals surface area contributed by atoms with Crippen LogP contribution in [0.2, 0.25) is 0 Å². The van der Waals surface area contributed by atoms with Gasteiger partial charge in [0.1, 0.15) is 0 Å². The maximum Gasteiger partial charge on any atom is 0.416 e. The second-order valence-electron chi connectivity index (χ2n) is 9.02. The monoisotopic (exact) mass is 445 g/mol. The summed E-state index contributed by atoms with van der Waals surface area (Å²) in [6.45, 7) is 7.56. The minimum atomic E-state index is -4.33. The molecule has 2 aromatic rings. The van der Waals surface area contributed by atoms with Gasteiger partial charge in [-0.2, -0.15) is 13.2 Å². The predicted molar refractivity (Wildman–Crippen MR) is 120 cm³/mol. The summed E-state index contributed by atoms with van der Waals surface area (Å²) in [7, 11) is 0. The van der Waals surface area contributed by atoms with Crippen LogP contribution in [0.4, 0.5) is 18.9 Å². The summed E-state index contributed by atoms with van der Waals surface area (Å²) in [5.41, 5.74) is 2.72. The Morgan fingerprint density at radius 3 is 2.25 bits per heavy atom. The summed E-state index contributed by atoms with van der Waals surface area (Å²) in [4.78, 5) is 17.3. The Morgan fingerprint density at radius 2 is 1.66 bits per heavy atom. The van der Waals surface area contributed by atoms with Crippen LogP contribution >= 0.6 is 0 Å². The lowest BCUT2D eigenvalue weighted by Gasteiger charge is -2.38. The van der Waals surface area contributed by atoms with Gasteiger partial charge in [0, 0.05) is 50.0 Å². The number of amides is 1. The highest BCUT2D eigenvalue weighted by atomic mass is 19.4. The summed E-state index contributed by atoms with van der Waals surface area (Å²) in [6.07, 6.45) is -2.08. The van der Waals surface area contributed by atoms with Gasteiger partial charge in [0.05, 0.1) is 5.56 Å². The first kappa shape index (κ1) is 22.6. The van der Waals surface area contributed by atoms with Gasteiger partial charge in [0.25, 0.3) is 5.91 Å². The molecule has 2 aromatic carbocycles. The summed E-state index contributed by atoms with van der Waals surface area (Å²) < 4.78 is 39.1. The van der Waals surface area contributed by atoms with Crippen LogP contribution in [0.5, 0.6) is 0 Å². The molecule has 1 saturated heterocycles. The molecule has 1 heterocycles. The number of nitrogens with zero attached hydrogens (tertiary/aromatic N) is 2. The number of piperazine rings is 1. The van der Waals surface area contributed by atoms with Crippen LogP contribution in [0.3, 0.4) is 0 Å². The molecule has 1 amide bonds. The molecule has 1 unspecified atom stereocenters. The van der Waals surface area contributed by atoms with Crippen molar-refractivity contribution in [3.05, 3.63) is 64.7 Å². The van der Waals surface area contributed by atoms with E-state index < -0.39 is 11.7 Å². The molecule has 7 heteroatoms. The molecule has 1 saturated carbocycles. The van der Waals surface area contributed by atoms with Gasteiger partial charge in [-0.1, -0.05) is 24.3 Å². The number of aryl methyl sites for hydroxylation is 2. The molecule has 0 bridgehead atoms. The quantitative estimate of drug-likeness (QED) is 0.703. The fourth-order valence-electron chi connectivity index (χ4n) is 4.57. The first-order valence-electron chi connectivity index (χ1n) is 11.2. The van der Waals surface area contributed by atoms with E-state index in [0.717, 1.165) is 55.2 Å². The number of alkyl halides is 3. The van der Waals surface area contributed by atoms with Crippen molar-refractivity contribution in [1.82, 2.24) is 10.2 Å². The third-order valence-corrected chi connectivity index (χ3v) is 6.58. The zero-order valence-corrected chi connectivity index (χ0v) is 18.6. The summed E-state index contributed by atoms with van der Waals surface area (Å²) in [6, 6.07) is 11.5. The van der Waals surface area contributed by atoms with E-state index in [4.69, 9.17) is 0 Å². The number of anilines is 1. The average molecular weight is 446 g/mol. The van der Waals surface area contributed by atoms with Crippen molar-refractivity contribution in [3.63, 3.8) is 0 Å². The smallest absolute Gasteiger partial charge is 0.369 e. The minimum Gasteiger partial charge on any atom is -0.369 e. The standard InChI is InChI=1S/C25H30F3N3O/c1-17-5-3-6-18(2)23(17)24(32)29-22(19-9-10-19)16-30-11-13-31(14-12-30)21-8-4-7-20(15-21)25(26,27)28/h3-8,15,19,22H,9-14,16H2,1-2H3,(H,29,32). The van der Waals surface area contributed by atoms with Crippen LogP contribution in [0.15, 0.2) is 42.5 Å². The first-order chi connectivity index (χ1) is 15.2. The molecule has 0 spiro atoms. The van der Waals surface area contributed by atoms with E-state index in [1.54, 1.807) is 6.07 Å². The summed E-state index contributed by atoms with van der Waals surface area (Å²) >= 11 is 0. The molecule has 0 radical (unpaired) electrons. The molecule has 1 atom stereocenters. The molecule has 0 aromatic heterocycles. The molecular formula is C25H30F3N3O. The van der Waals surface area contributed by atoms with Gasteiger partial charge in [-0.25, -0.2) is 0 Å². The fraction of sp³-hybridized carbons (Fsp3) is 0.480. The Labute approximate surface area is 187 Å². The molecule has 4 rings (SSSR count). The number of halogens is 3. The lowest BCUT2D eigenvalue weighted by atomic mass is 10.0. The van der Waals surface area contributed by atoms with E-state index in [1.807, 2.05) is 36.9 Å². The molecule has 4 nitrogen and oxygen atoms in total. The van der Waals surface area contributed by atoms with Gasteiger partial charge in [-0.3, -0.25) is 9.69 Å². The first-order valence-corrected chi connectivity index (χ1v) is 11.2. The van der Waals surface area contributed by atoms with Crippen molar-refractivity contribution >= 4 is 11.6 Å². The van der Waals surface area contributed by atoms with Gasteiger partial charge in [-0.15, -0.1) is 0 Å². The Hall–Kier alpha value is -2.54. The van der Waals surface area contributed by atoms with Crippen LogP contribution in [0, 0.1) is 19.8 Å². The Balaban J connectivity index is 1.36. The van der Waals surface area contributed by atoms with Gasteiger partial charge in [0.2, 0.25) is 0 Å². The Morgan fingerprint density at radius 1 is 1.03 bits per heavy atom. The topological polar surface area (TPSA) is 35.6 Å². The number of carbonyl (C=O) groups is 1. The number of nitrogens with one attached hydrogen (secondary N) is 1. The zero-order valence-electron chi connectivity index (χ0n) is 18.6. The van der Waals surface area contributed by atoms with Crippen LogP contribution in [0.1, 0.15) is 39.9 Å². The molecule has 1 aliphatic carbocycles. The van der Waals surface area contributed by atoms with Crippen LogP contribution < -0.4 is 10.2 Å². The van der Waals surface area contributed by atoms with Gasteiger partial charge in [0.15, 0.2) is 0 Å². The van der Waals surface area contributed by atoms with Crippen molar-refractivity contribution in [2.45, 2.75) is 38.9 Å². The van der Waals surface area contributed by atoms with Gasteiger partial charge >= 0.3 is 6.18 Å². The van der Waals surface area contributed by atoms with Crippen LogP contribution in [-0.4, -0.2) is 49.6 Å². The average Bonchev–Trinajstić information content (AvgIpc) is 3.59. The molecule has 1 aliphatic heterocycles. The second-order valence-corrected chi connectivity index (χ2v) is 9.02. The van der Waals surface area contributed by atoms with Crippen LogP contribution in [-0.2, 0) is 6.18 Å². The Bertz CT molecular complexity index is 943. The molecule has 32 heavy (non-hydrogen) atoms. The van der Waals surface area contributed by atoms with Crippen LogP contribution in [0.25, 0.3) is 0 Å². The van der Waals surface area contributed by atoms with E-state index in [0.29, 0.717) is 24.7 Å². The van der Waals surface area contributed by atoms with E-state index in [-0.39, 0.29) is 11.9 Å². The molecule has 2 fully saturated rings. The van der Waals surface area contributed by atoms with E-state index in [1.165, 1.54) is 12.1 Å². The van der Waals surface area contributed by atoms with E-state index in [9.17, 15) is 18.0 Å². The number of hydrogen-bond donors (Lipinski definition) is 1. The Kier molecular flexibility index (Phi) is 6.47. The molecule has 2 aliphatic rings. The lowest BCUT2D eigenvalue weighted by Crippen LogP contribution is -2.52. The lowest BCUT2D eigenvalue weighted by molar-refractivity contribution is -0.137. The highest BCUT2D eigenvalue weighted by molar-refractivity contribution is 5.97. The van der Waals surface area contributed by atoms with Gasteiger partial charge in [-0.05, 0) is 61.9 Å². The number of carbonyl (C=O) groups excluding carboxylic acids is 1. The van der Waals surface area contributed by atoms with Crippen molar-refractivity contribution in [1.29, 1.82) is 0 Å². The van der Waals surface area contributed by atoms with Crippen molar-refractivity contribution < 1.29 is 18.0 Å². The third-order valence-electron chi connectivity index (χ3n) is 6.58. The maximum atomic E-state index is 13.0. The summed E-state index contributed by atoms with van der Waals surface area (Å²) in [5.74, 6) is 0.491. The van der Waals surface area contributed by atoms with Crippen molar-refractivity contribution in [2.75, 3.05) is 37.6 Å². The molecule has 172 valence electrons. The second kappa shape index (κ2) is 9.14. The fourth-order valence-corrected chi connectivity index (χ4v) is 4.57. The highest BCUT2D eigenvalue weighted by Crippen LogP contribution is 2.34. The highest BCUT2D eigenvalue weighted by Gasteiger charge is 2.35. The third kappa shape index (κ3) is 5.26. The molecule has 1 N–H and O–H groups in total. The maximum absolute atomic E-state index is 13.0. The predicted octanol–water partition coefficient (Wildman–Crippen LogP) is 4.65. The SMILES string of the molecule is Cc1cccc(C)c1C(=O)NC(CN1CCN(c2cccc(C(F)(F)F)c2)CC1)C1CC1. The number of hydrogen-bond acceptors (Lipinski definition) is 3. The van der Waals surface area contributed by atoms with Gasteiger partial charge < -0.3 is 10.2 Å². The zero-order chi connectivity index (χ0) is 22.9. The number of rotatable bonds is 6. The number of benzene rings is 2. The van der Waals surface area contributed by atoms with Crippen molar-refractivity contribution in [3.8, 4) is 0 Å². The largest absolute Gasteiger partial charge is 0.416 e. The minimum absolute atomic E-state index is 0.0138. The normalized spacial score (nSPS) is 18.5. The van der Waals surface area contributed by atoms with E-state index in [2.05, 4.69) is 10.2 Å². The summed E-state index contributed by atoms with van der Waals surface area (Å²) in [5, 5.41) is 3.27.